The molecule has 3 rings (SSSR count). The second kappa shape index (κ2) is 7.95. The fourth-order valence-corrected chi connectivity index (χ4v) is 2.61. The molecule has 7 nitrogen and oxygen atoms in total. The molecule has 3 aromatic rings. The first-order chi connectivity index (χ1) is 13.3. The van der Waals surface area contributed by atoms with Gasteiger partial charge >= 0.3 is 5.97 Å². The monoisotopic (exact) mass is 387 g/mol. The predicted molar refractivity (Wildman–Crippen MR) is 96.6 cm³/mol. The van der Waals surface area contributed by atoms with Gasteiger partial charge in [0.2, 0.25) is 0 Å². The molecule has 1 N–H and O–H groups in total. The molecule has 9 heteroatoms. The summed E-state index contributed by atoms with van der Waals surface area (Å²) in [5, 5.41) is 7.31. The number of amides is 1. The third kappa shape index (κ3) is 4.20. The van der Waals surface area contributed by atoms with Gasteiger partial charge in [-0.05, 0) is 18.2 Å². The van der Waals surface area contributed by atoms with Crippen LogP contribution in [0.3, 0.4) is 0 Å². The summed E-state index contributed by atoms with van der Waals surface area (Å²) in [5.41, 5.74) is 0.0769. The van der Waals surface area contributed by atoms with E-state index in [1.807, 2.05) is 0 Å². The number of carbonyl (C=O) groups is 2. The third-order valence-electron chi connectivity index (χ3n) is 3.91. The number of rotatable bonds is 5. The van der Waals surface area contributed by atoms with Crippen molar-refractivity contribution < 1.29 is 23.1 Å². The highest BCUT2D eigenvalue weighted by Crippen LogP contribution is 2.14. The van der Waals surface area contributed by atoms with Crippen molar-refractivity contribution in [2.75, 3.05) is 11.9 Å². The smallest absolute Gasteiger partial charge is 0.312 e. The van der Waals surface area contributed by atoms with Crippen molar-refractivity contribution in [1.29, 1.82) is 0 Å². The van der Waals surface area contributed by atoms with Gasteiger partial charge in [0, 0.05) is 24.2 Å². The first kappa shape index (κ1) is 19.2. The lowest BCUT2D eigenvalue weighted by atomic mass is 10.1. The molecule has 0 aliphatic rings. The number of esters is 1. The Bertz CT molecular complexity index is 1130. The van der Waals surface area contributed by atoms with Gasteiger partial charge in [-0.2, -0.15) is 5.10 Å². The summed E-state index contributed by atoms with van der Waals surface area (Å²) < 4.78 is 32.0. The third-order valence-corrected chi connectivity index (χ3v) is 3.91. The number of nitrogens with one attached hydrogen (secondary N) is 1. The summed E-state index contributed by atoms with van der Waals surface area (Å²) >= 11 is 0. The van der Waals surface area contributed by atoms with Gasteiger partial charge in [0.15, 0.2) is 18.2 Å². The maximum Gasteiger partial charge on any atom is 0.312 e. The van der Waals surface area contributed by atoms with Crippen LogP contribution in [0.15, 0.2) is 47.3 Å². The summed E-state index contributed by atoms with van der Waals surface area (Å²) in [6.45, 7) is -0.610. The highest BCUT2D eigenvalue weighted by molar-refractivity contribution is 5.93. The summed E-state index contributed by atoms with van der Waals surface area (Å²) in [7, 11) is 1.47. The number of hydrogen-bond donors (Lipinski definition) is 1. The Morgan fingerprint density at radius 1 is 1.11 bits per heavy atom. The minimum absolute atomic E-state index is 0.0330. The van der Waals surface area contributed by atoms with E-state index in [9.17, 15) is 23.2 Å². The average Bonchev–Trinajstić information content (AvgIpc) is 2.67. The van der Waals surface area contributed by atoms with Gasteiger partial charge < -0.3 is 10.1 Å². The van der Waals surface area contributed by atoms with Gasteiger partial charge in [-0.3, -0.25) is 14.4 Å². The molecule has 1 amide bonds. The summed E-state index contributed by atoms with van der Waals surface area (Å²) in [5.74, 6) is -3.58. The average molecular weight is 387 g/mol. The van der Waals surface area contributed by atoms with E-state index >= 15 is 0 Å². The lowest BCUT2D eigenvalue weighted by Crippen LogP contribution is -2.24. The fourth-order valence-electron chi connectivity index (χ4n) is 2.61. The van der Waals surface area contributed by atoms with Crippen molar-refractivity contribution in [1.82, 2.24) is 9.78 Å². The van der Waals surface area contributed by atoms with Crippen LogP contribution in [-0.4, -0.2) is 28.3 Å². The molecule has 1 aromatic heterocycles. The van der Waals surface area contributed by atoms with Gasteiger partial charge in [-0.1, -0.05) is 18.2 Å². The van der Waals surface area contributed by atoms with Gasteiger partial charge in [0.1, 0.15) is 0 Å². The number of fused-ring (bicyclic) bond motifs is 1. The van der Waals surface area contributed by atoms with Crippen molar-refractivity contribution in [3.05, 3.63) is 70.1 Å². The minimum atomic E-state index is -1.11. The highest BCUT2D eigenvalue weighted by atomic mass is 19.2. The van der Waals surface area contributed by atoms with Crippen LogP contribution in [0.4, 0.5) is 14.5 Å². The molecule has 28 heavy (non-hydrogen) atoms. The molecule has 2 aromatic carbocycles. The largest absolute Gasteiger partial charge is 0.455 e. The van der Waals surface area contributed by atoms with Gasteiger partial charge in [0.25, 0.3) is 11.5 Å². The van der Waals surface area contributed by atoms with Crippen molar-refractivity contribution in [2.24, 2.45) is 7.05 Å². The van der Waals surface area contributed by atoms with E-state index in [0.717, 1.165) is 16.8 Å². The van der Waals surface area contributed by atoms with E-state index in [0.29, 0.717) is 16.5 Å². The second-order valence-electron chi connectivity index (χ2n) is 5.94. The predicted octanol–water partition coefficient (Wildman–Crippen LogP) is 1.94. The fraction of sp³-hybridized carbons (Fsp3) is 0.158. The maximum absolute atomic E-state index is 13.1. The molecule has 144 valence electrons. The lowest BCUT2D eigenvalue weighted by molar-refractivity contribution is -0.146. The summed E-state index contributed by atoms with van der Waals surface area (Å²) in [6.07, 6.45) is -0.243. The number of carbonyl (C=O) groups excluding carboxylic acids is 2. The lowest BCUT2D eigenvalue weighted by Gasteiger charge is -2.09. The molecule has 1 heterocycles. The number of aromatic nitrogens is 2. The van der Waals surface area contributed by atoms with Crippen LogP contribution in [0.2, 0.25) is 0 Å². The standard InChI is InChI=1S/C19H15F2N3O4/c1-24-19(27)13-5-3-2-4-12(13)16(23-24)9-18(26)28-10-17(25)22-11-6-7-14(20)15(21)8-11/h2-8H,9-10H2,1H3,(H,22,25). The SMILES string of the molecule is Cn1nc(CC(=O)OCC(=O)Nc2ccc(F)c(F)c2)c2ccccc2c1=O. The number of ether oxygens (including phenoxy) is 1. The Morgan fingerprint density at radius 3 is 2.54 bits per heavy atom. The van der Waals surface area contributed by atoms with Gasteiger partial charge in [-0.15, -0.1) is 0 Å². The molecule has 0 radical (unpaired) electrons. The zero-order chi connectivity index (χ0) is 20.3. The molecule has 0 aliphatic carbocycles. The van der Waals surface area contributed by atoms with Crippen LogP contribution in [0, 0.1) is 11.6 Å². The Balaban J connectivity index is 1.64. The first-order valence-corrected chi connectivity index (χ1v) is 8.20. The van der Waals surface area contributed by atoms with E-state index in [-0.39, 0.29) is 17.7 Å². The van der Waals surface area contributed by atoms with Gasteiger partial charge in [-0.25, -0.2) is 13.5 Å². The number of benzene rings is 2. The van der Waals surface area contributed by atoms with Crippen LogP contribution in [0.5, 0.6) is 0 Å². The minimum Gasteiger partial charge on any atom is -0.455 e. The van der Waals surface area contributed by atoms with Crippen molar-refractivity contribution in [3.8, 4) is 0 Å². The molecule has 0 unspecified atom stereocenters. The number of halogens is 2. The molecule has 0 saturated carbocycles. The van der Waals surface area contributed by atoms with E-state index in [1.165, 1.54) is 13.1 Å². The maximum atomic E-state index is 13.1. The van der Waals surface area contributed by atoms with E-state index in [2.05, 4.69) is 10.4 Å². The van der Waals surface area contributed by atoms with Crippen LogP contribution < -0.4 is 10.9 Å². The Labute approximate surface area is 157 Å². The van der Waals surface area contributed by atoms with Crippen molar-refractivity contribution in [2.45, 2.75) is 6.42 Å². The van der Waals surface area contributed by atoms with Gasteiger partial charge in [0.05, 0.1) is 17.5 Å². The molecular weight excluding hydrogens is 372 g/mol. The van der Waals surface area contributed by atoms with Crippen LogP contribution >= 0.6 is 0 Å². The van der Waals surface area contributed by atoms with E-state index < -0.39 is 30.1 Å². The number of anilines is 1. The van der Waals surface area contributed by atoms with Crippen LogP contribution in [0.1, 0.15) is 5.69 Å². The number of hydrogen-bond acceptors (Lipinski definition) is 5. The van der Waals surface area contributed by atoms with Crippen molar-refractivity contribution >= 4 is 28.3 Å². The second-order valence-corrected chi connectivity index (χ2v) is 5.94. The zero-order valence-corrected chi connectivity index (χ0v) is 14.7. The molecule has 0 spiro atoms. The first-order valence-electron chi connectivity index (χ1n) is 8.20. The molecule has 0 atom stereocenters. The molecule has 0 aliphatic heterocycles. The highest BCUT2D eigenvalue weighted by Gasteiger charge is 2.15. The summed E-state index contributed by atoms with van der Waals surface area (Å²) in [4.78, 5) is 36.0. The summed E-state index contributed by atoms with van der Waals surface area (Å²) in [6, 6.07) is 9.58. The molecule has 0 saturated heterocycles. The van der Waals surface area contributed by atoms with E-state index in [4.69, 9.17) is 4.74 Å². The van der Waals surface area contributed by atoms with Crippen LogP contribution in [-0.2, 0) is 27.8 Å². The topological polar surface area (TPSA) is 90.3 Å². The molecular formula is C19H15F2N3O4. The van der Waals surface area contributed by atoms with Crippen LogP contribution in [0.25, 0.3) is 10.8 Å². The molecule has 0 fully saturated rings. The molecule has 0 bridgehead atoms. The van der Waals surface area contributed by atoms with Crippen molar-refractivity contribution in [3.63, 3.8) is 0 Å². The number of nitrogens with zero attached hydrogens (tertiary/aromatic N) is 2. The Kier molecular flexibility index (Phi) is 5.44. The Morgan fingerprint density at radius 2 is 1.82 bits per heavy atom. The zero-order valence-electron chi connectivity index (χ0n) is 14.7. The normalized spacial score (nSPS) is 10.7. The number of aryl methyl sites for hydroxylation is 1. The van der Waals surface area contributed by atoms with E-state index in [1.54, 1.807) is 24.3 Å². The quantitative estimate of drug-likeness (QED) is 0.676. The Hall–Kier alpha value is -3.62.